The van der Waals surface area contributed by atoms with Crippen molar-refractivity contribution in [1.29, 1.82) is 0 Å². The van der Waals surface area contributed by atoms with Gasteiger partial charge in [0.25, 0.3) is 0 Å². The Labute approximate surface area is 368 Å². The molecule has 0 fully saturated rings. The summed E-state index contributed by atoms with van der Waals surface area (Å²) in [4.78, 5) is 50.1. The maximum absolute atomic E-state index is 12.9. The van der Waals surface area contributed by atoms with E-state index in [-0.39, 0.29) is 36.0 Å². The molecule has 0 bridgehead atoms. The number of ether oxygens (including phenoxy) is 2. The first-order valence-electron chi connectivity index (χ1n) is 25.3. The number of carbonyl (C=O) groups is 4. The minimum absolute atomic E-state index is 0.0443. The van der Waals surface area contributed by atoms with Crippen molar-refractivity contribution in [2.24, 2.45) is 0 Å². The van der Waals surface area contributed by atoms with Gasteiger partial charge in [-0.3, -0.25) is 14.4 Å². The zero-order chi connectivity index (χ0) is 43.3. The highest BCUT2D eigenvalue weighted by molar-refractivity contribution is 7.99. The first-order chi connectivity index (χ1) is 28.8. The van der Waals surface area contributed by atoms with Crippen LogP contribution in [-0.4, -0.2) is 59.2 Å². The second-order valence-electron chi connectivity index (χ2n) is 17.4. The first kappa shape index (κ1) is 57.2. The summed E-state index contributed by atoms with van der Waals surface area (Å²) in [5.74, 6) is -1.51. The summed E-state index contributed by atoms with van der Waals surface area (Å²) in [5.41, 5.74) is 0. The van der Waals surface area contributed by atoms with Crippen molar-refractivity contribution in [1.82, 2.24) is 5.32 Å². The van der Waals surface area contributed by atoms with Crippen LogP contribution in [0.4, 0.5) is 0 Å². The molecular weight excluding hydrogens is 759 g/mol. The Balaban J connectivity index is 4.61. The van der Waals surface area contributed by atoms with Crippen LogP contribution >= 0.6 is 11.8 Å². The smallest absolute Gasteiger partial charge is 0.327 e. The predicted molar refractivity (Wildman–Crippen MR) is 250 cm³/mol. The van der Waals surface area contributed by atoms with E-state index in [1.165, 1.54) is 179 Å². The second-order valence-corrected chi connectivity index (χ2v) is 18.4. The largest absolute Gasteiger partial charge is 0.480 e. The lowest BCUT2D eigenvalue weighted by atomic mass is 10.0. The fourth-order valence-electron chi connectivity index (χ4n) is 7.55. The Morgan fingerprint density at radius 3 is 1.12 bits per heavy atom. The van der Waals surface area contributed by atoms with Crippen LogP contribution in [0.5, 0.6) is 0 Å². The fraction of sp³-hybridized carbons (Fsp3) is 0.920. The van der Waals surface area contributed by atoms with Crippen LogP contribution in [-0.2, 0) is 28.7 Å². The molecule has 0 saturated carbocycles. The summed E-state index contributed by atoms with van der Waals surface area (Å²) in [6.45, 7) is 6.68. The van der Waals surface area contributed by atoms with Crippen molar-refractivity contribution >= 4 is 35.6 Å². The lowest BCUT2D eigenvalue weighted by molar-refractivity contribution is -0.157. The van der Waals surface area contributed by atoms with Gasteiger partial charge in [-0.25, -0.2) is 4.79 Å². The van der Waals surface area contributed by atoms with Crippen molar-refractivity contribution in [3.63, 3.8) is 0 Å². The van der Waals surface area contributed by atoms with Gasteiger partial charge in [0.05, 0.1) is 0 Å². The van der Waals surface area contributed by atoms with Gasteiger partial charge < -0.3 is 19.9 Å². The number of thioether (sulfide) groups is 1. The molecule has 0 rings (SSSR count). The Hall–Kier alpha value is -1.77. The first-order valence-corrected chi connectivity index (χ1v) is 26.4. The molecule has 0 aromatic carbocycles. The molecule has 8 nitrogen and oxygen atoms in total. The van der Waals surface area contributed by atoms with Gasteiger partial charge in [0, 0.05) is 30.8 Å². The molecule has 2 N–H and O–H groups in total. The summed E-state index contributed by atoms with van der Waals surface area (Å²) in [7, 11) is 0. The van der Waals surface area contributed by atoms with Gasteiger partial charge in [0.15, 0.2) is 0 Å². The third-order valence-electron chi connectivity index (χ3n) is 11.4. The maximum atomic E-state index is 12.9. The quantitative estimate of drug-likeness (QED) is 0.0459. The highest BCUT2D eigenvalue weighted by Crippen LogP contribution is 2.17. The van der Waals surface area contributed by atoms with Crippen molar-refractivity contribution in [2.45, 2.75) is 277 Å². The zero-order valence-corrected chi connectivity index (χ0v) is 39.8. The molecule has 0 radical (unpaired) electrons. The van der Waals surface area contributed by atoms with Crippen LogP contribution in [0.3, 0.4) is 0 Å². The van der Waals surface area contributed by atoms with Crippen molar-refractivity contribution < 1.29 is 33.8 Å². The minimum atomic E-state index is -1.09. The third kappa shape index (κ3) is 42.7. The number of amides is 1. The molecule has 0 unspecified atom stereocenters. The minimum Gasteiger partial charge on any atom is -0.480 e. The average Bonchev–Trinajstić information content (AvgIpc) is 3.22. The fourth-order valence-corrected chi connectivity index (χ4v) is 8.57. The molecule has 1 amide bonds. The topological polar surface area (TPSA) is 119 Å². The monoisotopic (exact) mass is 854 g/mol. The molecule has 0 aromatic rings. The van der Waals surface area contributed by atoms with E-state index in [1.54, 1.807) is 0 Å². The molecular formula is C50H95NO7S. The summed E-state index contributed by atoms with van der Waals surface area (Å²) in [6, 6.07) is -1.04. The number of hydrogen-bond donors (Lipinski definition) is 2. The number of rotatable bonds is 47. The van der Waals surface area contributed by atoms with Crippen LogP contribution in [0.15, 0.2) is 0 Å². The number of hydrogen-bond acceptors (Lipinski definition) is 7. The van der Waals surface area contributed by atoms with E-state index >= 15 is 0 Å². The molecule has 9 heteroatoms. The predicted octanol–water partition coefficient (Wildman–Crippen LogP) is 14.6. The average molecular weight is 854 g/mol. The number of nitrogens with one attached hydrogen (secondary N) is 1. The lowest BCUT2D eigenvalue weighted by Crippen LogP contribution is -2.42. The van der Waals surface area contributed by atoms with Gasteiger partial charge in [0.2, 0.25) is 5.91 Å². The van der Waals surface area contributed by atoms with Gasteiger partial charge in [-0.1, -0.05) is 226 Å². The lowest BCUT2D eigenvalue weighted by Gasteiger charge is -2.19. The Morgan fingerprint density at radius 1 is 0.441 bits per heavy atom. The molecule has 0 aliphatic carbocycles. The summed E-state index contributed by atoms with van der Waals surface area (Å²) < 4.78 is 11.4. The number of carbonyl (C=O) groups excluding carboxylic acids is 3. The van der Waals surface area contributed by atoms with Gasteiger partial charge in [0.1, 0.15) is 18.8 Å². The number of esters is 2. The SMILES string of the molecule is CCCCCCCCCCCCCCCC(=O)OC[C@H](CSC[C@@H](NC(=O)CCCCCCCCCCC)C(=O)O)OC(=O)CCCCCCCCCCCCCCC. The Kier molecular flexibility index (Phi) is 44.4. The number of aliphatic carboxylic acids is 1. The molecule has 0 heterocycles. The molecule has 0 aliphatic rings. The van der Waals surface area contributed by atoms with Crippen LogP contribution in [0.25, 0.3) is 0 Å². The molecule has 0 saturated heterocycles. The molecule has 0 aromatic heterocycles. The van der Waals surface area contributed by atoms with E-state index in [0.29, 0.717) is 19.3 Å². The highest BCUT2D eigenvalue weighted by atomic mass is 32.2. The van der Waals surface area contributed by atoms with E-state index in [9.17, 15) is 24.3 Å². The van der Waals surface area contributed by atoms with Crippen LogP contribution in [0.1, 0.15) is 265 Å². The molecule has 0 spiro atoms. The van der Waals surface area contributed by atoms with Crippen molar-refractivity contribution in [3.05, 3.63) is 0 Å². The van der Waals surface area contributed by atoms with Crippen LogP contribution in [0.2, 0.25) is 0 Å². The molecule has 0 aliphatic heterocycles. The third-order valence-corrected chi connectivity index (χ3v) is 12.6. The van der Waals surface area contributed by atoms with Gasteiger partial charge in [-0.2, -0.15) is 11.8 Å². The maximum Gasteiger partial charge on any atom is 0.327 e. The molecule has 59 heavy (non-hydrogen) atoms. The van der Waals surface area contributed by atoms with E-state index in [1.807, 2.05) is 0 Å². The summed E-state index contributed by atoms with van der Waals surface area (Å²) in [6.07, 6.45) is 42.8. The molecule has 2 atom stereocenters. The number of carboxylic acids is 1. The van der Waals surface area contributed by atoms with E-state index in [2.05, 4.69) is 26.1 Å². The number of unbranched alkanes of at least 4 members (excludes halogenated alkanes) is 32. The normalized spacial score (nSPS) is 12.3. The van der Waals surface area contributed by atoms with Crippen molar-refractivity contribution in [3.8, 4) is 0 Å². The van der Waals surface area contributed by atoms with E-state index < -0.39 is 18.1 Å². The van der Waals surface area contributed by atoms with Gasteiger partial charge in [-0.15, -0.1) is 0 Å². The second kappa shape index (κ2) is 45.7. The standard InChI is InChI=1S/C50H95NO7S/c1-4-7-10-13-16-19-21-23-25-28-31-34-37-40-48(53)57-42-45(58-49(54)41-38-35-32-29-26-24-22-20-17-14-11-8-5-2)43-59-44-46(50(55)56)51-47(52)39-36-33-30-27-18-15-12-9-6-3/h45-46H,4-44H2,1-3H3,(H,51,52)(H,55,56)/t45-,46-/m1/s1. The van der Waals surface area contributed by atoms with Gasteiger partial charge >= 0.3 is 17.9 Å². The van der Waals surface area contributed by atoms with Crippen LogP contribution < -0.4 is 5.32 Å². The highest BCUT2D eigenvalue weighted by Gasteiger charge is 2.23. The van der Waals surface area contributed by atoms with Crippen LogP contribution in [0, 0.1) is 0 Å². The van der Waals surface area contributed by atoms with Crippen molar-refractivity contribution in [2.75, 3.05) is 18.1 Å². The molecule has 348 valence electrons. The zero-order valence-electron chi connectivity index (χ0n) is 39.0. The summed E-state index contributed by atoms with van der Waals surface area (Å²) >= 11 is 1.30. The van der Waals surface area contributed by atoms with Gasteiger partial charge in [-0.05, 0) is 19.3 Å². The number of carboxylic acid groups (broad SMARTS) is 1. The van der Waals surface area contributed by atoms with E-state index in [0.717, 1.165) is 57.8 Å². The Bertz CT molecular complexity index is 964. The summed E-state index contributed by atoms with van der Waals surface area (Å²) in [5, 5.41) is 12.5. The van der Waals surface area contributed by atoms with E-state index in [4.69, 9.17) is 9.47 Å². The Morgan fingerprint density at radius 2 is 0.763 bits per heavy atom.